The number of hydrogen-bond donors (Lipinski definition) is 1. The molecule has 0 aliphatic carbocycles. The zero-order chi connectivity index (χ0) is 19.7. The summed E-state index contributed by atoms with van der Waals surface area (Å²) in [5.74, 6) is 0.107. The van der Waals surface area contributed by atoms with Gasteiger partial charge >= 0.3 is 6.18 Å². The van der Waals surface area contributed by atoms with Crippen LogP contribution >= 0.6 is 0 Å². The molecule has 0 spiro atoms. The van der Waals surface area contributed by atoms with Crippen molar-refractivity contribution in [1.82, 2.24) is 0 Å². The molecule has 0 aromatic heterocycles. The van der Waals surface area contributed by atoms with Crippen LogP contribution in [0.25, 0.3) is 0 Å². The first-order valence-corrected chi connectivity index (χ1v) is 8.41. The zero-order valence-corrected chi connectivity index (χ0v) is 15.6. The Kier molecular flexibility index (Phi) is 8.57. The van der Waals surface area contributed by atoms with E-state index in [0.29, 0.717) is 30.4 Å². The van der Waals surface area contributed by atoms with Crippen molar-refractivity contribution in [3.05, 3.63) is 18.2 Å². The van der Waals surface area contributed by atoms with E-state index in [9.17, 15) is 18.0 Å². The van der Waals surface area contributed by atoms with Gasteiger partial charge in [-0.3, -0.25) is 4.79 Å². The van der Waals surface area contributed by atoms with E-state index in [1.165, 1.54) is 17.9 Å². The molecule has 146 valence electrons. The fraction of sp³-hybridized carbons (Fsp3) is 0.556. The molecule has 0 saturated carbocycles. The van der Waals surface area contributed by atoms with Gasteiger partial charge in [0, 0.05) is 39.9 Å². The third-order valence-corrected chi connectivity index (χ3v) is 4.08. The fourth-order valence-electron chi connectivity index (χ4n) is 2.30. The molecule has 1 N–H and O–H groups in total. The van der Waals surface area contributed by atoms with Crippen molar-refractivity contribution in [3.8, 4) is 0 Å². The molecule has 26 heavy (non-hydrogen) atoms. The van der Waals surface area contributed by atoms with Crippen molar-refractivity contribution in [2.45, 2.75) is 32.9 Å². The monoisotopic (exact) mass is 373 g/mol. The van der Waals surface area contributed by atoms with Crippen LogP contribution in [-0.4, -0.2) is 45.6 Å². The molecule has 1 amide bonds. The highest BCUT2D eigenvalue weighted by Crippen LogP contribution is 2.31. The Morgan fingerprint density at radius 2 is 2.12 bits per heavy atom. The van der Waals surface area contributed by atoms with Crippen molar-refractivity contribution in [2.24, 2.45) is 10.9 Å². The minimum absolute atomic E-state index is 0.0483. The molecule has 1 rings (SSSR count). The lowest BCUT2D eigenvalue weighted by Crippen LogP contribution is -2.22. The Morgan fingerprint density at radius 1 is 1.42 bits per heavy atom. The van der Waals surface area contributed by atoms with Gasteiger partial charge in [-0.25, -0.2) is 4.99 Å². The van der Waals surface area contributed by atoms with Gasteiger partial charge in [0.05, 0.1) is 11.4 Å². The minimum Gasteiger partial charge on any atom is -0.385 e. The summed E-state index contributed by atoms with van der Waals surface area (Å²) in [5.41, 5.74) is 1.10. The van der Waals surface area contributed by atoms with E-state index in [4.69, 9.17) is 4.74 Å². The largest absolute Gasteiger partial charge is 0.426 e. The summed E-state index contributed by atoms with van der Waals surface area (Å²) >= 11 is 0. The topological polar surface area (TPSA) is 53.9 Å². The van der Waals surface area contributed by atoms with Crippen LogP contribution < -0.4 is 10.2 Å². The van der Waals surface area contributed by atoms with Crippen LogP contribution in [0.5, 0.6) is 0 Å². The van der Waals surface area contributed by atoms with Crippen molar-refractivity contribution in [1.29, 1.82) is 0 Å². The molecule has 0 fully saturated rings. The summed E-state index contributed by atoms with van der Waals surface area (Å²) in [5, 5.41) is 3.16. The number of benzene rings is 1. The van der Waals surface area contributed by atoms with Gasteiger partial charge in [0.2, 0.25) is 5.91 Å². The van der Waals surface area contributed by atoms with E-state index in [0.717, 1.165) is 12.8 Å². The SMILES string of the molecule is CCC(CCOC)CNc1ccc(N(C)C(C)=O)cc1N=CC(F)(F)F. The Balaban J connectivity index is 3.04. The quantitative estimate of drug-likeness (QED) is 0.653. The molecule has 0 heterocycles. The summed E-state index contributed by atoms with van der Waals surface area (Å²) in [6.07, 6.45) is -2.79. The standard InChI is InChI=1S/C18H26F3N3O2/c1-5-14(8-9-26-4)11-22-16-7-6-15(24(3)13(2)25)10-17(16)23-12-18(19,20)21/h6-7,10,12,14,22H,5,8-9,11H2,1-4H3. The van der Waals surface area contributed by atoms with Gasteiger partial charge in [-0.15, -0.1) is 0 Å². The van der Waals surface area contributed by atoms with E-state index < -0.39 is 6.18 Å². The van der Waals surface area contributed by atoms with Crippen LogP contribution in [0.3, 0.4) is 0 Å². The summed E-state index contributed by atoms with van der Waals surface area (Å²) in [7, 11) is 3.19. The lowest BCUT2D eigenvalue weighted by molar-refractivity contribution is -0.116. The van der Waals surface area contributed by atoms with Crippen LogP contribution in [0.4, 0.5) is 30.2 Å². The van der Waals surface area contributed by atoms with E-state index in [2.05, 4.69) is 17.2 Å². The van der Waals surface area contributed by atoms with Crippen molar-refractivity contribution < 1.29 is 22.7 Å². The second-order valence-corrected chi connectivity index (χ2v) is 6.02. The molecule has 0 saturated heterocycles. The number of methoxy groups -OCH3 is 1. The molecule has 0 bridgehead atoms. The average molecular weight is 373 g/mol. The number of aliphatic imine (C=N–C) groups is 1. The van der Waals surface area contributed by atoms with E-state index >= 15 is 0 Å². The fourth-order valence-corrected chi connectivity index (χ4v) is 2.30. The first-order valence-electron chi connectivity index (χ1n) is 8.41. The number of nitrogens with one attached hydrogen (secondary N) is 1. The van der Waals surface area contributed by atoms with Gasteiger partial charge in [0.15, 0.2) is 0 Å². The summed E-state index contributed by atoms with van der Waals surface area (Å²) < 4.78 is 42.6. The summed E-state index contributed by atoms with van der Waals surface area (Å²) in [6, 6.07) is 4.77. The molecule has 0 radical (unpaired) electrons. The number of carbonyl (C=O) groups is 1. The van der Waals surface area contributed by atoms with Gasteiger partial charge in [0.25, 0.3) is 0 Å². The van der Waals surface area contributed by atoms with Crippen LogP contribution in [0.2, 0.25) is 0 Å². The van der Waals surface area contributed by atoms with Crippen molar-refractivity contribution in [3.63, 3.8) is 0 Å². The first-order chi connectivity index (χ1) is 12.2. The average Bonchev–Trinajstić information content (AvgIpc) is 2.59. The lowest BCUT2D eigenvalue weighted by atomic mass is 10.0. The summed E-state index contributed by atoms with van der Waals surface area (Å²) in [4.78, 5) is 16.4. The Labute approximate surface area is 152 Å². The number of ether oxygens (including phenoxy) is 1. The Hall–Kier alpha value is -2.09. The Morgan fingerprint density at radius 3 is 2.65 bits per heavy atom. The van der Waals surface area contributed by atoms with Crippen LogP contribution in [0.15, 0.2) is 23.2 Å². The van der Waals surface area contributed by atoms with Crippen LogP contribution in [0.1, 0.15) is 26.7 Å². The van der Waals surface area contributed by atoms with Crippen molar-refractivity contribution >= 4 is 29.2 Å². The molecular formula is C18H26F3N3O2. The number of rotatable bonds is 9. The molecular weight excluding hydrogens is 347 g/mol. The molecule has 1 aromatic carbocycles. The predicted molar refractivity (Wildman–Crippen MR) is 98.5 cm³/mol. The predicted octanol–water partition coefficient (Wildman–Crippen LogP) is 4.41. The second-order valence-electron chi connectivity index (χ2n) is 6.02. The zero-order valence-electron chi connectivity index (χ0n) is 15.6. The highest BCUT2D eigenvalue weighted by molar-refractivity contribution is 5.92. The number of hydrogen-bond acceptors (Lipinski definition) is 4. The van der Waals surface area contributed by atoms with Crippen LogP contribution in [-0.2, 0) is 9.53 Å². The second kappa shape index (κ2) is 10.2. The highest BCUT2D eigenvalue weighted by Gasteiger charge is 2.24. The van der Waals surface area contributed by atoms with E-state index in [-0.39, 0.29) is 17.8 Å². The third kappa shape index (κ3) is 7.43. The molecule has 8 heteroatoms. The van der Waals surface area contributed by atoms with Crippen molar-refractivity contribution in [2.75, 3.05) is 37.5 Å². The third-order valence-electron chi connectivity index (χ3n) is 4.08. The Bertz CT molecular complexity index is 618. The maximum Gasteiger partial charge on any atom is 0.426 e. The van der Waals surface area contributed by atoms with Crippen LogP contribution in [0, 0.1) is 5.92 Å². The van der Waals surface area contributed by atoms with Gasteiger partial charge < -0.3 is 15.0 Å². The van der Waals surface area contributed by atoms with E-state index in [1.807, 2.05) is 0 Å². The summed E-state index contributed by atoms with van der Waals surface area (Å²) in [6.45, 7) is 4.65. The maximum absolute atomic E-state index is 12.5. The molecule has 0 aliphatic heterocycles. The van der Waals surface area contributed by atoms with Gasteiger partial charge in [0.1, 0.15) is 6.21 Å². The number of carbonyl (C=O) groups excluding carboxylic acids is 1. The normalized spacial score (nSPS) is 13.0. The lowest BCUT2D eigenvalue weighted by Gasteiger charge is -2.20. The smallest absolute Gasteiger partial charge is 0.385 e. The number of halogens is 3. The molecule has 5 nitrogen and oxygen atoms in total. The van der Waals surface area contributed by atoms with Gasteiger partial charge in [-0.05, 0) is 30.5 Å². The molecule has 1 aromatic rings. The maximum atomic E-state index is 12.5. The minimum atomic E-state index is -4.51. The molecule has 1 unspecified atom stereocenters. The first kappa shape index (κ1) is 22.0. The molecule has 0 aliphatic rings. The highest BCUT2D eigenvalue weighted by atomic mass is 19.4. The van der Waals surface area contributed by atoms with Gasteiger partial charge in [-0.1, -0.05) is 13.3 Å². The molecule has 1 atom stereocenters. The number of anilines is 2. The number of alkyl halides is 3. The number of nitrogens with zero attached hydrogens (tertiary/aromatic N) is 2. The van der Waals surface area contributed by atoms with E-state index in [1.54, 1.807) is 26.3 Å². The van der Waals surface area contributed by atoms with Gasteiger partial charge in [-0.2, -0.15) is 13.2 Å². The number of amides is 1.